The minimum atomic E-state index is -0.397. The average molecular weight is 243 g/mol. The first kappa shape index (κ1) is 13.9. The van der Waals surface area contributed by atoms with Gasteiger partial charge in [0, 0.05) is 5.41 Å². The summed E-state index contributed by atoms with van der Waals surface area (Å²) in [7, 11) is -0.397. The third-order valence-electron chi connectivity index (χ3n) is 3.08. The van der Waals surface area contributed by atoms with Crippen LogP contribution in [0.3, 0.4) is 0 Å². The highest BCUT2D eigenvalue weighted by Crippen LogP contribution is 2.39. The maximum atomic E-state index is 5.81. The molecule has 0 radical (unpaired) electrons. The van der Waals surface area contributed by atoms with Crippen molar-refractivity contribution in [2.24, 2.45) is 5.41 Å². The van der Waals surface area contributed by atoms with E-state index in [1.165, 1.54) is 12.8 Å². The van der Waals surface area contributed by atoms with Crippen LogP contribution in [-0.4, -0.2) is 32.2 Å². The van der Waals surface area contributed by atoms with Gasteiger partial charge in [-0.05, 0) is 19.3 Å². The second-order valence-corrected chi connectivity index (χ2v) is 6.70. The van der Waals surface area contributed by atoms with Crippen molar-refractivity contribution in [2.45, 2.75) is 38.6 Å². The average Bonchev–Trinajstić information content (AvgIpc) is 2.27. The van der Waals surface area contributed by atoms with Gasteiger partial charge in [0.15, 0.2) is 0 Å². The topological polar surface area (TPSA) is 18.5 Å². The van der Waals surface area contributed by atoms with Gasteiger partial charge >= 0.3 is 6.03 Å². The fourth-order valence-electron chi connectivity index (χ4n) is 2.19. The van der Waals surface area contributed by atoms with Crippen molar-refractivity contribution in [1.82, 2.24) is 0 Å². The molecule has 0 aromatic heterocycles. The lowest BCUT2D eigenvalue weighted by Crippen LogP contribution is -2.40. The quantitative estimate of drug-likeness (QED) is 0.524. The zero-order valence-corrected chi connectivity index (χ0v) is 11.5. The van der Waals surface area contributed by atoms with Crippen LogP contribution in [0.15, 0.2) is 12.7 Å². The Morgan fingerprint density at radius 1 is 1.38 bits per heavy atom. The summed E-state index contributed by atoms with van der Waals surface area (Å²) in [6.07, 6.45) is 10.5. The maximum absolute atomic E-state index is 5.81. The van der Waals surface area contributed by atoms with E-state index in [2.05, 4.69) is 26.5 Å². The Kier molecular flexibility index (Phi) is 5.68. The number of ether oxygens (including phenoxy) is 2. The first-order valence-electron chi connectivity index (χ1n) is 6.01. The molecule has 1 unspecified atom stereocenters. The molecule has 0 aromatic carbocycles. The third kappa shape index (κ3) is 3.69. The third-order valence-corrected chi connectivity index (χ3v) is 4.10. The van der Waals surface area contributed by atoms with E-state index < -0.39 is 7.55 Å². The molecule has 0 aromatic rings. The van der Waals surface area contributed by atoms with Gasteiger partial charge in [0.25, 0.3) is 0 Å². The van der Waals surface area contributed by atoms with Crippen LogP contribution in [-0.2, 0) is 9.47 Å². The molecular formula is C13H24O2P+. The molecule has 1 heterocycles. The Morgan fingerprint density at radius 2 is 2.00 bits per heavy atom. The number of hydrogen-bond acceptors (Lipinski definition) is 2. The Balaban J connectivity index is 2.54. The smallest absolute Gasteiger partial charge is 0.315 e. The van der Waals surface area contributed by atoms with Crippen molar-refractivity contribution in [3.8, 4) is 0 Å². The molecule has 1 rings (SSSR count). The molecule has 1 fully saturated rings. The van der Waals surface area contributed by atoms with Gasteiger partial charge in [-0.1, -0.05) is 19.4 Å². The highest BCUT2D eigenvalue weighted by Gasteiger charge is 2.38. The lowest BCUT2D eigenvalue weighted by molar-refractivity contribution is -0.191. The highest BCUT2D eigenvalue weighted by molar-refractivity contribution is 7.55. The first-order valence-corrected chi connectivity index (χ1v) is 8.05. The zero-order valence-electron chi connectivity index (χ0n) is 10.6. The van der Waals surface area contributed by atoms with E-state index in [-0.39, 0.29) is 11.4 Å². The summed E-state index contributed by atoms with van der Waals surface area (Å²) >= 11 is 0. The van der Waals surface area contributed by atoms with Crippen LogP contribution < -0.4 is 0 Å². The largest absolute Gasteiger partial charge is 0.323 e. The van der Waals surface area contributed by atoms with E-state index in [0.29, 0.717) is 0 Å². The summed E-state index contributed by atoms with van der Waals surface area (Å²) in [6.45, 7) is 9.74. The Bertz CT molecular complexity index is 242. The van der Waals surface area contributed by atoms with Crippen molar-refractivity contribution in [3.63, 3.8) is 0 Å². The fraction of sp³-hybridized carbons (Fsp3) is 0.769. The van der Waals surface area contributed by atoms with E-state index in [9.17, 15) is 0 Å². The van der Waals surface area contributed by atoms with E-state index in [4.69, 9.17) is 9.47 Å². The lowest BCUT2D eigenvalue weighted by atomic mass is 9.80. The Hall–Kier alpha value is -0.170. The zero-order chi connectivity index (χ0) is 12.0. The minimum Gasteiger partial charge on any atom is -0.315 e. The summed E-state index contributed by atoms with van der Waals surface area (Å²) < 4.78 is 11.6. The van der Waals surface area contributed by atoms with Crippen LogP contribution in [0, 0.1) is 5.41 Å². The van der Waals surface area contributed by atoms with Crippen molar-refractivity contribution >= 4 is 13.8 Å². The van der Waals surface area contributed by atoms with E-state index in [0.717, 1.165) is 26.1 Å². The van der Waals surface area contributed by atoms with Gasteiger partial charge in [0.1, 0.15) is 14.2 Å². The summed E-state index contributed by atoms with van der Waals surface area (Å²) in [5.74, 6) is 0. The standard InChI is InChI=1S/C13H24O2P/c1-5-7-9-13(8-6-2)10-14-12(15-11-13)16(3)4/h5,12H,1,3,6-11H2,2,4H3/q+1. The second kappa shape index (κ2) is 6.54. The van der Waals surface area contributed by atoms with Gasteiger partial charge in [-0.3, -0.25) is 0 Å². The maximum Gasteiger partial charge on any atom is 0.323 e. The van der Waals surface area contributed by atoms with Crippen LogP contribution in [0.2, 0.25) is 0 Å². The number of hydrogen-bond donors (Lipinski definition) is 0. The molecule has 0 amide bonds. The molecule has 1 aliphatic heterocycles. The molecule has 2 nitrogen and oxygen atoms in total. The van der Waals surface area contributed by atoms with Crippen molar-refractivity contribution in [1.29, 1.82) is 0 Å². The molecule has 3 heteroatoms. The van der Waals surface area contributed by atoms with Gasteiger partial charge in [0.2, 0.25) is 0 Å². The van der Waals surface area contributed by atoms with E-state index in [1.807, 2.05) is 6.08 Å². The summed E-state index contributed by atoms with van der Waals surface area (Å²) in [6, 6.07) is -0.0521. The van der Waals surface area contributed by atoms with Crippen LogP contribution >= 0.6 is 7.55 Å². The normalized spacial score (nSPS) is 31.1. The van der Waals surface area contributed by atoms with Gasteiger partial charge in [0.05, 0.1) is 19.5 Å². The van der Waals surface area contributed by atoms with Crippen LogP contribution in [0.5, 0.6) is 0 Å². The molecule has 92 valence electrons. The Labute approximate surface area is 100 Å². The molecule has 1 aliphatic rings. The summed E-state index contributed by atoms with van der Waals surface area (Å²) in [5.41, 5.74) is 0.213. The van der Waals surface area contributed by atoms with Gasteiger partial charge in [-0.15, -0.1) is 6.58 Å². The fourth-order valence-corrected chi connectivity index (χ4v) is 2.85. The molecule has 1 saturated heterocycles. The monoisotopic (exact) mass is 243 g/mol. The number of allylic oxidation sites excluding steroid dienone is 1. The second-order valence-electron chi connectivity index (χ2n) is 4.76. The molecular weight excluding hydrogens is 219 g/mol. The minimum absolute atomic E-state index is 0.0521. The van der Waals surface area contributed by atoms with Crippen molar-refractivity contribution in [2.75, 3.05) is 19.9 Å². The summed E-state index contributed by atoms with van der Waals surface area (Å²) in [5, 5.41) is 0. The van der Waals surface area contributed by atoms with Crippen LogP contribution in [0.25, 0.3) is 0 Å². The van der Waals surface area contributed by atoms with Crippen molar-refractivity contribution in [3.05, 3.63) is 12.7 Å². The van der Waals surface area contributed by atoms with E-state index >= 15 is 0 Å². The van der Waals surface area contributed by atoms with Crippen LogP contribution in [0.4, 0.5) is 0 Å². The Morgan fingerprint density at radius 3 is 2.44 bits per heavy atom. The molecule has 0 saturated carbocycles. The number of rotatable bonds is 6. The van der Waals surface area contributed by atoms with Gasteiger partial charge in [-0.2, -0.15) is 0 Å². The molecule has 1 atom stereocenters. The highest BCUT2D eigenvalue weighted by atomic mass is 31.1. The first-order chi connectivity index (χ1) is 7.63. The van der Waals surface area contributed by atoms with Crippen LogP contribution in [0.1, 0.15) is 32.6 Å². The van der Waals surface area contributed by atoms with Gasteiger partial charge in [-0.25, -0.2) is 0 Å². The SMILES string of the molecule is C=CCCC1(CCC)COC([P+](=C)C)OC1. The molecule has 0 aliphatic carbocycles. The summed E-state index contributed by atoms with van der Waals surface area (Å²) in [4.78, 5) is 0. The molecule has 0 bridgehead atoms. The van der Waals surface area contributed by atoms with Gasteiger partial charge < -0.3 is 9.47 Å². The molecule has 0 spiro atoms. The van der Waals surface area contributed by atoms with Crippen molar-refractivity contribution < 1.29 is 9.47 Å². The molecule has 0 N–H and O–H groups in total. The predicted octanol–water partition coefficient (Wildman–Crippen LogP) is 3.61. The van der Waals surface area contributed by atoms with E-state index in [1.54, 1.807) is 0 Å². The lowest BCUT2D eigenvalue weighted by Gasteiger charge is -2.37. The molecule has 16 heavy (non-hydrogen) atoms. The predicted molar refractivity (Wildman–Crippen MR) is 72.4 cm³/mol.